The van der Waals surface area contributed by atoms with Crippen LogP contribution in [0.15, 0.2) is 47.4 Å². The maximum Gasteiger partial charge on any atom is 0.202 e. The van der Waals surface area contributed by atoms with Gasteiger partial charge in [0.1, 0.15) is 17.3 Å². The van der Waals surface area contributed by atoms with Crippen LogP contribution in [0, 0.1) is 11.6 Å². The summed E-state index contributed by atoms with van der Waals surface area (Å²) < 4.78 is 28.5. The first-order valence-corrected chi connectivity index (χ1v) is 7.37. The van der Waals surface area contributed by atoms with E-state index >= 15 is 0 Å². The van der Waals surface area contributed by atoms with Gasteiger partial charge < -0.3 is 16.4 Å². The summed E-state index contributed by atoms with van der Waals surface area (Å²) in [6.07, 6.45) is 5.33. The van der Waals surface area contributed by atoms with Crippen molar-refractivity contribution in [3.05, 3.63) is 59.6 Å². The van der Waals surface area contributed by atoms with E-state index in [1.807, 2.05) is 6.92 Å². The molecule has 0 bridgehead atoms. The van der Waals surface area contributed by atoms with Crippen molar-refractivity contribution in [1.29, 1.82) is 0 Å². The van der Waals surface area contributed by atoms with Crippen LogP contribution in [-0.2, 0) is 13.5 Å². The maximum absolute atomic E-state index is 13.4. The average molecular weight is 332 g/mol. The number of hydrogen-bond donors (Lipinski definition) is 3. The van der Waals surface area contributed by atoms with Crippen LogP contribution in [-0.4, -0.2) is 21.4 Å². The summed E-state index contributed by atoms with van der Waals surface area (Å²) in [6.45, 7) is 1.81. The van der Waals surface area contributed by atoms with Crippen LogP contribution in [0.1, 0.15) is 12.5 Å². The van der Waals surface area contributed by atoms with Crippen molar-refractivity contribution < 1.29 is 8.78 Å². The minimum Gasteiger partial charge on any atom is -0.333 e. The van der Waals surface area contributed by atoms with Gasteiger partial charge in [-0.05, 0) is 30.2 Å². The topological polar surface area (TPSA) is 80.3 Å². The van der Waals surface area contributed by atoms with Crippen molar-refractivity contribution in [2.24, 2.45) is 17.8 Å². The first-order valence-electron chi connectivity index (χ1n) is 7.37. The predicted molar refractivity (Wildman–Crippen MR) is 88.1 cm³/mol. The van der Waals surface area contributed by atoms with Crippen LogP contribution < -0.4 is 16.4 Å². The van der Waals surface area contributed by atoms with Gasteiger partial charge in [0.05, 0.1) is 11.9 Å². The largest absolute Gasteiger partial charge is 0.333 e. The Labute approximate surface area is 138 Å². The molecule has 126 valence electrons. The summed E-state index contributed by atoms with van der Waals surface area (Å²) in [6, 6.07) is 3.35. The summed E-state index contributed by atoms with van der Waals surface area (Å²) >= 11 is 0. The van der Waals surface area contributed by atoms with E-state index in [0.29, 0.717) is 11.5 Å². The zero-order valence-corrected chi connectivity index (χ0v) is 13.3. The molecule has 1 aliphatic rings. The van der Waals surface area contributed by atoms with Gasteiger partial charge in [-0.2, -0.15) is 5.10 Å². The van der Waals surface area contributed by atoms with Gasteiger partial charge in [0.2, 0.25) is 5.96 Å². The zero-order chi connectivity index (χ0) is 17.3. The van der Waals surface area contributed by atoms with Crippen molar-refractivity contribution in [2.45, 2.75) is 19.0 Å². The highest BCUT2D eigenvalue weighted by molar-refractivity contribution is 5.95. The first-order chi connectivity index (χ1) is 11.3. The van der Waals surface area contributed by atoms with E-state index in [2.05, 4.69) is 20.7 Å². The maximum atomic E-state index is 13.4. The lowest BCUT2D eigenvalue weighted by atomic mass is 9.93. The van der Waals surface area contributed by atoms with Gasteiger partial charge in [0.25, 0.3) is 0 Å². The van der Waals surface area contributed by atoms with Gasteiger partial charge >= 0.3 is 0 Å². The summed E-state index contributed by atoms with van der Waals surface area (Å²) in [5.74, 6) is -0.836. The summed E-state index contributed by atoms with van der Waals surface area (Å²) in [5, 5.41) is 10.1. The van der Waals surface area contributed by atoms with E-state index in [0.717, 1.165) is 17.3 Å². The van der Waals surface area contributed by atoms with E-state index in [1.54, 1.807) is 30.3 Å². The van der Waals surface area contributed by atoms with Gasteiger partial charge in [0, 0.05) is 31.9 Å². The molecule has 0 saturated carbocycles. The van der Waals surface area contributed by atoms with Crippen LogP contribution in [0.3, 0.4) is 0 Å². The quantitative estimate of drug-likeness (QED) is 0.802. The molecular weight excluding hydrogens is 314 g/mol. The van der Waals surface area contributed by atoms with E-state index in [1.165, 1.54) is 12.1 Å². The number of hydrogen-bond acceptors (Lipinski definition) is 5. The molecule has 3 rings (SSSR count). The number of benzene rings is 1. The third kappa shape index (κ3) is 3.43. The molecule has 1 aliphatic heterocycles. The number of halogens is 2. The molecule has 4 N–H and O–H groups in total. The molecule has 8 heteroatoms. The van der Waals surface area contributed by atoms with Crippen LogP contribution in [0.2, 0.25) is 0 Å². The highest BCUT2D eigenvalue weighted by atomic mass is 19.1. The second kappa shape index (κ2) is 6.04. The molecule has 24 heavy (non-hydrogen) atoms. The van der Waals surface area contributed by atoms with E-state index in [9.17, 15) is 8.78 Å². The van der Waals surface area contributed by atoms with E-state index < -0.39 is 17.3 Å². The van der Waals surface area contributed by atoms with Crippen molar-refractivity contribution in [1.82, 2.24) is 15.1 Å². The number of nitrogens with two attached hydrogens (primary N) is 1. The molecule has 0 fully saturated rings. The van der Waals surface area contributed by atoms with Crippen molar-refractivity contribution in [3.63, 3.8) is 0 Å². The van der Waals surface area contributed by atoms with Crippen molar-refractivity contribution in [3.8, 4) is 0 Å². The fourth-order valence-electron chi connectivity index (χ4n) is 2.51. The second-order valence-corrected chi connectivity index (χ2v) is 5.84. The standard InChI is InChI=1S/C16H18F2N6/c1-10-7-20-15(22-14-8-21-24(2)9-14)23-16(10,19)6-11-3-12(17)5-13(18)4-11/h3-5,7-9H,6,19H2,1-2H3,(H2,20,22,23). The number of aliphatic imine (C=N–C) groups is 1. The lowest BCUT2D eigenvalue weighted by molar-refractivity contribution is 0.502. The molecule has 0 amide bonds. The van der Waals surface area contributed by atoms with E-state index in [4.69, 9.17) is 5.73 Å². The molecule has 0 radical (unpaired) electrons. The molecular formula is C16H18F2N6. The first kappa shape index (κ1) is 16.1. The Kier molecular flexibility index (Phi) is 4.06. The highest BCUT2D eigenvalue weighted by Crippen LogP contribution is 2.24. The average Bonchev–Trinajstić information content (AvgIpc) is 2.87. The number of nitrogens with zero attached hydrogens (tertiary/aromatic N) is 3. The van der Waals surface area contributed by atoms with E-state index in [-0.39, 0.29) is 6.42 Å². The fraction of sp³-hybridized carbons (Fsp3) is 0.250. The molecule has 0 aliphatic carbocycles. The Morgan fingerprint density at radius 2 is 2.00 bits per heavy atom. The summed E-state index contributed by atoms with van der Waals surface area (Å²) in [7, 11) is 1.80. The van der Waals surface area contributed by atoms with Crippen LogP contribution >= 0.6 is 0 Å². The van der Waals surface area contributed by atoms with Crippen LogP contribution in [0.4, 0.5) is 14.5 Å². The van der Waals surface area contributed by atoms with Crippen molar-refractivity contribution in [2.75, 3.05) is 5.32 Å². The number of rotatable bonds is 3. The molecule has 0 spiro atoms. The Balaban J connectivity index is 1.85. The third-order valence-electron chi connectivity index (χ3n) is 3.78. The third-order valence-corrected chi connectivity index (χ3v) is 3.78. The Morgan fingerprint density at radius 1 is 1.29 bits per heavy atom. The molecule has 6 nitrogen and oxygen atoms in total. The number of nitrogens with one attached hydrogen (secondary N) is 2. The summed E-state index contributed by atoms with van der Waals surface area (Å²) in [5.41, 5.74) is 7.22. The lowest BCUT2D eigenvalue weighted by Crippen LogP contribution is -2.48. The number of aromatic nitrogens is 2. The monoisotopic (exact) mass is 332 g/mol. The minimum atomic E-state index is -1.10. The van der Waals surface area contributed by atoms with Gasteiger partial charge in [-0.15, -0.1) is 0 Å². The van der Waals surface area contributed by atoms with Gasteiger partial charge in [-0.3, -0.25) is 4.68 Å². The highest BCUT2D eigenvalue weighted by Gasteiger charge is 2.30. The zero-order valence-electron chi connectivity index (χ0n) is 13.3. The van der Waals surface area contributed by atoms with Crippen LogP contribution in [0.25, 0.3) is 0 Å². The second-order valence-electron chi connectivity index (χ2n) is 5.84. The molecule has 0 saturated heterocycles. The minimum absolute atomic E-state index is 0.171. The lowest BCUT2D eigenvalue weighted by Gasteiger charge is -2.31. The number of guanidine groups is 1. The molecule has 2 heterocycles. The van der Waals surface area contributed by atoms with Crippen molar-refractivity contribution >= 4 is 11.6 Å². The fourth-order valence-corrected chi connectivity index (χ4v) is 2.51. The molecule has 2 aromatic rings. The number of aryl methyl sites for hydroxylation is 1. The molecule has 1 atom stereocenters. The summed E-state index contributed by atoms with van der Waals surface area (Å²) in [4.78, 5) is 4.48. The molecule has 1 aromatic heterocycles. The Bertz CT molecular complexity index is 805. The number of anilines is 1. The SMILES string of the molecule is CC1=CNC(Nc2cnn(C)c2)=NC1(N)Cc1cc(F)cc(F)c1. The molecule has 1 unspecified atom stereocenters. The van der Waals surface area contributed by atoms with Gasteiger partial charge in [-0.25, -0.2) is 13.8 Å². The van der Waals surface area contributed by atoms with Gasteiger partial charge in [0.15, 0.2) is 0 Å². The van der Waals surface area contributed by atoms with Gasteiger partial charge in [-0.1, -0.05) is 0 Å². The smallest absolute Gasteiger partial charge is 0.202 e. The normalized spacial score (nSPS) is 20.2. The predicted octanol–water partition coefficient (Wildman–Crippen LogP) is 1.87. The molecule has 1 aromatic carbocycles. The van der Waals surface area contributed by atoms with Crippen LogP contribution in [0.5, 0.6) is 0 Å². The Hall–Kier alpha value is -2.74. The Morgan fingerprint density at radius 3 is 2.62 bits per heavy atom.